The van der Waals surface area contributed by atoms with E-state index in [0.717, 1.165) is 11.1 Å². The van der Waals surface area contributed by atoms with E-state index >= 15 is 0 Å². The summed E-state index contributed by atoms with van der Waals surface area (Å²) in [6.45, 7) is 4.16. The molecular weight excluding hydrogens is 228 g/mol. The predicted octanol–water partition coefficient (Wildman–Crippen LogP) is 3.23. The fraction of sp³-hybridized carbons (Fsp3) is 0.267. The van der Waals surface area contributed by atoms with E-state index in [2.05, 4.69) is 0 Å². The molecule has 0 saturated carbocycles. The monoisotopic (exact) mass is 246 g/mol. The summed E-state index contributed by atoms with van der Waals surface area (Å²) in [5.41, 5.74) is 2.12. The zero-order valence-electron chi connectivity index (χ0n) is 10.8. The first-order valence-electron chi connectivity index (χ1n) is 5.80. The highest BCUT2D eigenvalue weighted by Gasteiger charge is 1.90. The van der Waals surface area contributed by atoms with Gasteiger partial charge in [-0.25, -0.2) is 0 Å². The Balaban J connectivity index is 2.25. The third kappa shape index (κ3) is 6.53. The van der Waals surface area contributed by atoms with Crippen molar-refractivity contribution in [2.45, 2.75) is 20.5 Å². The molecule has 0 aliphatic carbocycles. The van der Waals surface area contributed by atoms with Crippen LogP contribution in [-0.4, -0.2) is 12.6 Å². The van der Waals surface area contributed by atoms with Crippen LogP contribution in [0.5, 0.6) is 0 Å². The zero-order valence-corrected chi connectivity index (χ0v) is 10.8. The summed E-state index contributed by atoms with van der Waals surface area (Å²) >= 11 is 0. The van der Waals surface area contributed by atoms with E-state index < -0.39 is 0 Å². The van der Waals surface area contributed by atoms with Crippen molar-refractivity contribution in [3.8, 4) is 0 Å². The predicted molar refractivity (Wildman–Crippen MR) is 70.8 cm³/mol. The topological polar surface area (TPSA) is 35.5 Å². The zero-order chi connectivity index (χ0) is 13.2. The SMILES string of the molecule is CC(=O)OC/C=C(C)/C=C/OCc1ccccc1. The van der Waals surface area contributed by atoms with Gasteiger partial charge in [-0.15, -0.1) is 0 Å². The normalized spacial score (nSPS) is 11.6. The van der Waals surface area contributed by atoms with Gasteiger partial charge in [0.25, 0.3) is 0 Å². The van der Waals surface area contributed by atoms with Crippen LogP contribution in [0.1, 0.15) is 19.4 Å². The minimum atomic E-state index is -0.275. The van der Waals surface area contributed by atoms with E-state index in [1.165, 1.54) is 6.92 Å². The van der Waals surface area contributed by atoms with Gasteiger partial charge in [-0.05, 0) is 30.2 Å². The Labute approximate surface area is 108 Å². The average Bonchev–Trinajstić information content (AvgIpc) is 2.35. The highest BCUT2D eigenvalue weighted by molar-refractivity contribution is 5.66. The molecule has 1 rings (SSSR count). The van der Waals surface area contributed by atoms with Crippen molar-refractivity contribution in [3.05, 3.63) is 59.9 Å². The van der Waals surface area contributed by atoms with Crippen LogP contribution >= 0.6 is 0 Å². The molecule has 0 aliphatic heterocycles. The fourth-order valence-corrected chi connectivity index (χ4v) is 1.23. The molecular formula is C15H18O3. The maximum atomic E-state index is 10.5. The van der Waals surface area contributed by atoms with Gasteiger partial charge >= 0.3 is 5.97 Å². The molecule has 0 radical (unpaired) electrons. The van der Waals surface area contributed by atoms with Crippen LogP contribution in [0, 0.1) is 0 Å². The summed E-state index contributed by atoms with van der Waals surface area (Å²) in [6, 6.07) is 9.95. The number of rotatable bonds is 6. The third-order valence-corrected chi connectivity index (χ3v) is 2.21. The summed E-state index contributed by atoms with van der Waals surface area (Å²) in [7, 11) is 0. The summed E-state index contributed by atoms with van der Waals surface area (Å²) in [5, 5.41) is 0. The van der Waals surface area contributed by atoms with Gasteiger partial charge in [0.2, 0.25) is 0 Å². The molecule has 0 atom stereocenters. The van der Waals surface area contributed by atoms with Gasteiger partial charge in [0.15, 0.2) is 0 Å². The van der Waals surface area contributed by atoms with Crippen LogP contribution in [0.15, 0.2) is 54.3 Å². The molecule has 0 saturated heterocycles. The molecule has 0 aliphatic rings. The van der Waals surface area contributed by atoms with Gasteiger partial charge < -0.3 is 9.47 Å². The molecule has 0 heterocycles. The maximum absolute atomic E-state index is 10.5. The highest BCUT2D eigenvalue weighted by atomic mass is 16.5. The van der Waals surface area contributed by atoms with Gasteiger partial charge in [-0.3, -0.25) is 4.79 Å². The number of esters is 1. The first-order chi connectivity index (χ1) is 8.68. The van der Waals surface area contributed by atoms with E-state index in [1.807, 2.05) is 49.4 Å². The van der Waals surface area contributed by atoms with Crippen LogP contribution in [0.4, 0.5) is 0 Å². The molecule has 0 amide bonds. The Hall–Kier alpha value is -2.03. The van der Waals surface area contributed by atoms with Crippen molar-refractivity contribution in [1.29, 1.82) is 0 Å². The maximum Gasteiger partial charge on any atom is 0.302 e. The van der Waals surface area contributed by atoms with Crippen LogP contribution in [0.2, 0.25) is 0 Å². The van der Waals surface area contributed by atoms with Crippen molar-refractivity contribution in [3.63, 3.8) is 0 Å². The van der Waals surface area contributed by atoms with Gasteiger partial charge in [0, 0.05) is 6.92 Å². The minimum absolute atomic E-state index is 0.275. The van der Waals surface area contributed by atoms with E-state index in [0.29, 0.717) is 13.2 Å². The Bertz CT molecular complexity index is 419. The van der Waals surface area contributed by atoms with Crippen molar-refractivity contribution in [1.82, 2.24) is 0 Å². The molecule has 18 heavy (non-hydrogen) atoms. The second-order valence-corrected chi connectivity index (χ2v) is 3.85. The van der Waals surface area contributed by atoms with Crippen LogP contribution in [0.3, 0.4) is 0 Å². The number of hydrogen-bond acceptors (Lipinski definition) is 3. The fourth-order valence-electron chi connectivity index (χ4n) is 1.23. The average molecular weight is 246 g/mol. The van der Waals surface area contributed by atoms with Crippen molar-refractivity contribution < 1.29 is 14.3 Å². The molecule has 0 N–H and O–H groups in total. The molecule has 3 heteroatoms. The Morgan fingerprint density at radius 2 is 1.94 bits per heavy atom. The second-order valence-electron chi connectivity index (χ2n) is 3.85. The summed E-state index contributed by atoms with van der Waals surface area (Å²) in [4.78, 5) is 10.5. The standard InChI is InChI=1S/C15H18O3/c1-13(9-11-18-14(2)16)8-10-17-12-15-6-4-3-5-7-15/h3-10H,11-12H2,1-2H3/b10-8+,13-9+. The van der Waals surface area contributed by atoms with Gasteiger partial charge in [0.05, 0.1) is 6.26 Å². The van der Waals surface area contributed by atoms with Crippen LogP contribution < -0.4 is 0 Å². The first-order valence-corrected chi connectivity index (χ1v) is 5.80. The summed E-state index contributed by atoms with van der Waals surface area (Å²) in [6.07, 6.45) is 5.31. The summed E-state index contributed by atoms with van der Waals surface area (Å²) in [5.74, 6) is -0.275. The van der Waals surface area contributed by atoms with Crippen molar-refractivity contribution >= 4 is 5.97 Å². The number of benzene rings is 1. The van der Waals surface area contributed by atoms with Gasteiger partial charge in [-0.1, -0.05) is 30.3 Å². The van der Waals surface area contributed by atoms with Crippen molar-refractivity contribution in [2.75, 3.05) is 6.61 Å². The highest BCUT2D eigenvalue weighted by Crippen LogP contribution is 2.02. The lowest BCUT2D eigenvalue weighted by molar-refractivity contribution is -0.139. The lowest BCUT2D eigenvalue weighted by atomic mass is 10.2. The molecule has 1 aromatic carbocycles. The molecule has 96 valence electrons. The lowest BCUT2D eigenvalue weighted by Gasteiger charge is -2.00. The Kier molecular flexibility index (Phi) is 6.33. The quantitative estimate of drug-likeness (QED) is 0.439. The van der Waals surface area contributed by atoms with Crippen LogP contribution in [0.25, 0.3) is 0 Å². The molecule has 0 aromatic heterocycles. The molecule has 0 spiro atoms. The molecule has 3 nitrogen and oxygen atoms in total. The molecule has 0 bridgehead atoms. The number of carbonyl (C=O) groups excluding carboxylic acids is 1. The third-order valence-electron chi connectivity index (χ3n) is 2.21. The number of ether oxygens (including phenoxy) is 2. The first kappa shape index (κ1) is 14.0. The Morgan fingerprint density at radius 3 is 2.61 bits per heavy atom. The smallest absolute Gasteiger partial charge is 0.302 e. The number of hydrogen-bond donors (Lipinski definition) is 0. The van der Waals surface area contributed by atoms with Crippen molar-refractivity contribution in [2.24, 2.45) is 0 Å². The van der Waals surface area contributed by atoms with E-state index in [1.54, 1.807) is 6.26 Å². The van der Waals surface area contributed by atoms with E-state index in [-0.39, 0.29) is 5.97 Å². The molecule has 0 fully saturated rings. The van der Waals surface area contributed by atoms with Crippen LogP contribution in [-0.2, 0) is 20.9 Å². The van der Waals surface area contributed by atoms with E-state index in [9.17, 15) is 4.79 Å². The summed E-state index contributed by atoms with van der Waals surface area (Å²) < 4.78 is 10.2. The second kappa shape index (κ2) is 8.12. The number of carbonyl (C=O) groups is 1. The van der Waals surface area contributed by atoms with Gasteiger partial charge in [0.1, 0.15) is 13.2 Å². The minimum Gasteiger partial charge on any atom is -0.497 e. The lowest BCUT2D eigenvalue weighted by Crippen LogP contribution is -1.97. The number of allylic oxidation sites excluding steroid dienone is 2. The largest absolute Gasteiger partial charge is 0.497 e. The Morgan fingerprint density at radius 1 is 1.22 bits per heavy atom. The van der Waals surface area contributed by atoms with E-state index in [4.69, 9.17) is 9.47 Å². The van der Waals surface area contributed by atoms with Gasteiger partial charge in [-0.2, -0.15) is 0 Å². The molecule has 1 aromatic rings. The molecule has 0 unspecified atom stereocenters.